The fraction of sp³-hybridized carbons (Fsp3) is 0.429. The summed E-state index contributed by atoms with van der Waals surface area (Å²) < 4.78 is 6.08. The Morgan fingerprint density at radius 2 is 2.38 bits per heavy atom. The minimum atomic E-state index is -0.866. The lowest BCUT2D eigenvalue weighted by molar-refractivity contribution is -0.137. The van der Waals surface area contributed by atoms with Crippen molar-refractivity contribution in [2.45, 2.75) is 19.4 Å². The highest BCUT2D eigenvalue weighted by Gasteiger charge is 2.04. The van der Waals surface area contributed by atoms with Gasteiger partial charge in [0, 0.05) is 13.0 Å². The molecule has 1 aromatic rings. The Bertz CT molecular complexity index is 354. The molecule has 0 bridgehead atoms. The van der Waals surface area contributed by atoms with Gasteiger partial charge in [0.05, 0.1) is 0 Å². The van der Waals surface area contributed by atoms with Crippen LogP contribution >= 0.6 is 12.2 Å². The average molecular weight is 203 g/mol. The fourth-order valence-corrected chi connectivity index (χ4v) is 1.15. The van der Waals surface area contributed by atoms with E-state index in [1.54, 1.807) is 0 Å². The summed E-state index contributed by atoms with van der Waals surface area (Å²) in [4.78, 5) is 10.3. The summed E-state index contributed by atoms with van der Waals surface area (Å²) in [6.45, 7) is 0.355. The van der Waals surface area contributed by atoms with Crippen LogP contribution in [0.25, 0.3) is 0 Å². The summed E-state index contributed by atoms with van der Waals surface area (Å²) in [7, 11) is 0. The molecule has 0 unspecified atom stereocenters. The highest BCUT2D eigenvalue weighted by molar-refractivity contribution is 7.71. The van der Waals surface area contributed by atoms with Gasteiger partial charge in [0.1, 0.15) is 0 Å². The van der Waals surface area contributed by atoms with E-state index in [0.29, 0.717) is 13.0 Å². The lowest BCUT2D eigenvalue weighted by atomic mass is 10.3. The van der Waals surface area contributed by atoms with E-state index in [1.807, 2.05) is 0 Å². The molecule has 0 radical (unpaired) electrons. The molecule has 5 nitrogen and oxygen atoms in total. The van der Waals surface area contributed by atoms with Crippen LogP contribution in [0, 0.1) is 4.84 Å². The SMILES string of the molecule is O=C(O)CCCn1c(O)coc1=S. The van der Waals surface area contributed by atoms with E-state index in [9.17, 15) is 4.79 Å². The first-order chi connectivity index (χ1) is 6.11. The Morgan fingerprint density at radius 3 is 2.85 bits per heavy atom. The van der Waals surface area contributed by atoms with E-state index in [1.165, 1.54) is 4.57 Å². The maximum absolute atomic E-state index is 10.2. The number of aliphatic carboxylic acids is 1. The molecule has 0 aliphatic carbocycles. The monoisotopic (exact) mass is 203 g/mol. The first-order valence-electron chi connectivity index (χ1n) is 3.70. The molecule has 0 saturated carbocycles. The fourth-order valence-electron chi connectivity index (χ4n) is 0.918. The molecule has 0 aliphatic heterocycles. The molecule has 2 N–H and O–H groups in total. The van der Waals surface area contributed by atoms with Gasteiger partial charge in [-0.25, -0.2) is 0 Å². The Morgan fingerprint density at radius 1 is 1.69 bits per heavy atom. The van der Waals surface area contributed by atoms with Gasteiger partial charge in [0.15, 0.2) is 6.26 Å². The van der Waals surface area contributed by atoms with Crippen LogP contribution in [-0.4, -0.2) is 20.7 Å². The Labute approximate surface area is 79.2 Å². The number of carbonyl (C=O) groups is 1. The number of aromatic nitrogens is 1. The van der Waals surface area contributed by atoms with E-state index in [2.05, 4.69) is 0 Å². The number of nitrogens with zero attached hydrogens (tertiary/aromatic N) is 1. The van der Waals surface area contributed by atoms with Gasteiger partial charge in [0.2, 0.25) is 5.88 Å². The summed E-state index contributed by atoms with van der Waals surface area (Å²) in [5.74, 6) is -0.940. The summed E-state index contributed by atoms with van der Waals surface area (Å²) in [6.07, 6.45) is 1.59. The maximum atomic E-state index is 10.2. The van der Waals surface area contributed by atoms with Gasteiger partial charge in [-0.1, -0.05) is 0 Å². The molecular formula is C7H9NO4S. The molecule has 0 amide bonds. The van der Waals surface area contributed by atoms with Crippen molar-refractivity contribution in [2.75, 3.05) is 0 Å². The van der Waals surface area contributed by atoms with Gasteiger partial charge in [-0.2, -0.15) is 0 Å². The van der Waals surface area contributed by atoms with Crippen molar-refractivity contribution < 1.29 is 19.4 Å². The molecule has 0 saturated heterocycles. The van der Waals surface area contributed by atoms with Crippen LogP contribution in [0.1, 0.15) is 12.8 Å². The minimum absolute atomic E-state index is 0.0480. The lowest BCUT2D eigenvalue weighted by Crippen LogP contribution is -2.01. The van der Waals surface area contributed by atoms with E-state index >= 15 is 0 Å². The molecule has 0 aliphatic rings. The molecule has 0 atom stereocenters. The number of oxazole rings is 1. The molecule has 6 heteroatoms. The molecule has 0 aromatic carbocycles. The third-order valence-electron chi connectivity index (χ3n) is 1.53. The van der Waals surface area contributed by atoms with E-state index in [-0.39, 0.29) is 17.1 Å². The highest BCUT2D eigenvalue weighted by atomic mass is 32.1. The zero-order valence-corrected chi connectivity index (χ0v) is 7.58. The number of carboxylic acids is 1. The molecule has 1 aromatic heterocycles. The van der Waals surface area contributed by atoms with Crippen molar-refractivity contribution in [3.63, 3.8) is 0 Å². The predicted octanol–water partition coefficient (Wildman–Crippen LogP) is 1.38. The smallest absolute Gasteiger partial charge is 0.303 e. The van der Waals surface area contributed by atoms with Gasteiger partial charge in [-0.05, 0) is 18.6 Å². The second-order valence-corrected chi connectivity index (χ2v) is 2.86. The molecule has 72 valence electrons. The van der Waals surface area contributed by atoms with Gasteiger partial charge in [0.25, 0.3) is 4.84 Å². The van der Waals surface area contributed by atoms with Crippen LogP contribution in [-0.2, 0) is 11.3 Å². The summed E-state index contributed by atoms with van der Waals surface area (Å²) in [5, 5.41) is 17.5. The van der Waals surface area contributed by atoms with Gasteiger partial charge >= 0.3 is 5.97 Å². The molecule has 13 heavy (non-hydrogen) atoms. The zero-order valence-electron chi connectivity index (χ0n) is 6.77. The third-order valence-corrected chi connectivity index (χ3v) is 1.85. The largest absolute Gasteiger partial charge is 0.492 e. The number of hydrogen-bond donors (Lipinski definition) is 2. The molecule has 1 rings (SSSR count). The second-order valence-electron chi connectivity index (χ2n) is 2.51. The quantitative estimate of drug-likeness (QED) is 0.723. The number of aromatic hydroxyl groups is 1. The van der Waals surface area contributed by atoms with E-state index < -0.39 is 5.97 Å². The molecule has 1 heterocycles. The van der Waals surface area contributed by atoms with Crippen molar-refractivity contribution in [3.05, 3.63) is 11.1 Å². The number of carboxylic acid groups (broad SMARTS) is 1. The molecular weight excluding hydrogens is 194 g/mol. The predicted molar refractivity (Wildman–Crippen MR) is 46.1 cm³/mol. The lowest BCUT2D eigenvalue weighted by Gasteiger charge is -1.99. The molecule has 0 fully saturated rings. The van der Waals surface area contributed by atoms with Crippen LogP contribution in [0.2, 0.25) is 0 Å². The minimum Gasteiger partial charge on any atom is -0.492 e. The normalized spacial score (nSPS) is 10.2. The van der Waals surface area contributed by atoms with Crippen molar-refractivity contribution in [1.82, 2.24) is 4.57 Å². The van der Waals surface area contributed by atoms with Crippen LogP contribution in [0.3, 0.4) is 0 Å². The summed E-state index contributed by atoms with van der Waals surface area (Å²) >= 11 is 4.74. The number of hydrogen-bond acceptors (Lipinski definition) is 4. The number of rotatable bonds is 4. The second kappa shape index (κ2) is 4.08. The Kier molecular flexibility index (Phi) is 3.07. The van der Waals surface area contributed by atoms with Crippen LogP contribution in [0.4, 0.5) is 0 Å². The van der Waals surface area contributed by atoms with E-state index in [0.717, 1.165) is 6.26 Å². The first-order valence-corrected chi connectivity index (χ1v) is 4.11. The summed E-state index contributed by atoms with van der Waals surface area (Å²) in [6, 6.07) is 0. The van der Waals surface area contributed by atoms with Crippen molar-refractivity contribution in [2.24, 2.45) is 0 Å². The Hall–Kier alpha value is -1.30. The van der Waals surface area contributed by atoms with Gasteiger partial charge in [-0.15, -0.1) is 0 Å². The van der Waals surface area contributed by atoms with Crippen molar-refractivity contribution >= 4 is 18.2 Å². The zero-order chi connectivity index (χ0) is 9.84. The first kappa shape index (κ1) is 9.79. The summed E-state index contributed by atoms with van der Waals surface area (Å²) in [5.41, 5.74) is 0. The van der Waals surface area contributed by atoms with Crippen LogP contribution in [0.5, 0.6) is 5.88 Å². The van der Waals surface area contributed by atoms with Crippen molar-refractivity contribution in [3.8, 4) is 5.88 Å². The average Bonchev–Trinajstić information content (AvgIpc) is 2.34. The van der Waals surface area contributed by atoms with Crippen LogP contribution in [0.15, 0.2) is 10.7 Å². The van der Waals surface area contributed by atoms with Gasteiger partial charge < -0.3 is 14.6 Å². The van der Waals surface area contributed by atoms with Crippen molar-refractivity contribution in [1.29, 1.82) is 0 Å². The maximum Gasteiger partial charge on any atom is 0.303 e. The molecule has 0 spiro atoms. The Balaban J connectivity index is 2.54. The third kappa shape index (κ3) is 2.59. The van der Waals surface area contributed by atoms with Crippen LogP contribution < -0.4 is 0 Å². The van der Waals surface area contributed by atoms with E-state index in [4.69, 9.17) is 26.8 Å². The van der Waals surface area contributed by atoms with Gasteiger partial charge in [-0.3, -0.25) is 9.36 Å². The standard InChI is InChI=1S/C7H9NO4S/c9-5-4-12-7(13)8(5)3-1-2-6(10)11/h4,9H,1-3H2,(H,10,11). The topological polar surface area (TPSA) is 75.6 Å². The highest BCUT2D eigenvalue weighted by Crippen LogP contribution is 2.12.